The molecule has 1 saturated carbocycles. The number of nitrogens with zero attached hydrogens (tertiary/aromatic N) is 1. The van der Waals surface area contributed by atoms with Crippen LogP contribution in [0.2, 0.25) is 5.02 Å². The molecule has 2 aromatic heterocycles. The monoisotopic (exact) mass is 448 g/mol. The van der Waals surface area contributed by atoms with Crippen LogP contribution >= 0.6 is 22.9 Å². The van der Waals surface area contributed by atoms with Crippen molar-refractivity contribution in [3.05, 3.63) is 45.6 Å². The van der Waals surface area contributed by atoms with Crippen LogP contribution in [0, 0.1) is 0 Å². The Bertz CT molecular complexity index is 898. The van der Waals surface area contributed by atoms with Crippen LogP contribution in [-0.4, -0.2) is 29.6 Å². The van der Waals surface area contributed by atoms with Gasteiger partial charge in [0.25, 0.3) is 5.91 Å². The van der Waals surface area contributed by atoms with Crippen molar-refractivity contribution in [2.45, 2.75) is 62.5 Å². The Morgan fingerprint density at radius 3 is 2.77 bits per heavy atom. The van der Waals surface area contributed by atoms with E-state index in [1.807, 2.05) is 12.3 Å². The zero-order valence-electron chi connectivity index (χ0n) is 17.1. The molecule has 1 atom stereocenters. The number of primary amides is 1. The first-order chi connectivity index (χ1) is 14.4. The maximum absolute atomic E-state index is 11.5. The summed E-state index contributed by atoms with van der Waals surface area (Å²) in [6.07, 6.45) is 9.65. The van der Waals surface area contributed by atoms with Gasteiger partial charge in [0.15, 0.2) is 0 Å². The molecule has 1 aliphatic carbocycles. The zero-order valence-corrected chi connectivity index (χ0v) is 18.7. The number of amides is 1. The van der Waals surface area contributed by atoms with Gasteiger partial charge >= 0.3 is 0 Å². The summed E-state index contributed by atoms with van der Waals surface area (Å²) in [7, 11) is 0. The number of pyridine rings is 1. The van der Waals surface area contributed by atoms with E-state index in [1.54, 1.807) is 0 Å². The van der Waals surface area contributed by atoms with E-state index in [9.17, 15) is 4.79 Å². The second-order valence-electron chi connectivity index (χ2n) is 8.53. The summed E-state index contributed by atoms with van der Waals surface area (Å²) in [6.45, 7) is 2.15. The quantitative estimate of drug-likeness (QED) is 0.555. The van der Waals surface area contributed by atoms with E-state index in [0.717, 1.165) is 55.8 Å². The third-order valence-electron chi connectivity index (χ3n) is 6.63. The Morgan fingerprint density at radius 2 is 2.10 bits per heavy atom. The van der Waals surface area contributed by atoms with Gasteiger partial charge in [0.05, 0.1) is 16.2 Å². The van der Waals surface area contributed by atoms with Gasteiger partial charge in [-0.05, 0) is 50.8 Å². The van der Waals surface area contributed by atoms with Crippen molar-refractivity contribution in [2.24, 2.45) is 5.73 Å². The number of nitrogens with one attached hydrogen (secondary N) is 1. The number of carbonyl (C=O) groups excluding carboxylic acids is 1. The Kier molecular flexibility index (Phi) is 6.34. The molecule has 0 unspecified atom stereocenters. The molecular formula is C22H29ClN4O2S. The van der Waals surface area contributed by atoms with Crippen LogP contribution in [0.4, 0.5) is 5.00 Å². The van der Waals surface area contributed by atoms with Gasteiger partial charge in [0.1, 0.15) is 5.00 Å². The van der Waals surface area contributed by atoms with E-state index in [4.69, 9.17) is 32.8 Å². The molecule has 1 spiro atoms. The van der Waals surface area contributed by atoms with Gasteiger partial charge in [-0.15, -0.1) is 11.3 Å². The molecule has 5 N–H and O–H groups in total. The highest BCUT2D eigenvalue weighted by molar-refractivity contribution is 7.17. The molecule has 1 aliphatic heterocycles. The van der Waals surface area contributed by atoms with Crippen molar-refractivity contribution >= 4 is 33.8 Å². The molecule has 4 rings (SSSR count). The van der Waals surface area contributed by atoms with Crippen LogP contribution in [0.25, 0.3) is 0 Å². The third kappa shape index (κ3) is 4.21. The average Bonchev–Trinajstić information content (AvgIpc) is 3.29. The summed E-state index contributed by atoms with van der Waals surface area (Å²) in [4.78, 5) is 17.1. The highest BCUT2D eigenvalue weighted by atomic mass is 35.5. The van der Waals surface area contributed by atoms with Crippen LogP contribution in [-0.2, 0) is 16.7 Å². The number of anilines is 1. The molecule has 2 aromatic rings. The summed E-state index contributed by atoms with van der Waals surface area (Å²) in [5.74, 6) is -0.585. The van der Waals surface area contributed by atoms with Crippen molar-refractivity contribution in [3.63, 3.8) is 0 Å². The molecule has 6 nitrogen and oxygen atoms in total. The average molecular weight is 449 g/mol. The van der Waals surface area contributed by atoms with Crippen molar-refractivity contribution < 1.29 is 9.53 Å². The summed E-state index contributed by atoms with van der Waals surface area (Å²) >= 11 is 7.64. The number of nitrogen functional groups attached to an aromatic ring is 1. The number of carbonyl (C=O) groups is 1. The van der Waals surface area contributed by atoms with Gasteiger partial charge in [0.2, 0.25) is 0 Å². The topological polar surface area (TPSA) is 103 Å². The number of hydrogen-bond donors (Lipinski definition) is 3. The van der Waals surface area contributed by atoms with Crippen LogP contribution < -0.4 is 16.8 Å². The van der Waals surface area contributed by atoms with Crippen molar-refractivity contribution in [1.29, 1.82) is 0 Å². The number of halogens is 1. The van der Waals surface area contributed by atoms with E-state index in [-0.39, 0.29) is 16.6 Å². The lowest BCUT2D eigenvalue weighted by Gasteiger charge is -2.46. The van der Waals surface area contributed by atoms with Gasteiger partial charge in [-0.25, -0.2) is 0 Å². The molecule has 2 fully saturated rings. The van der Waals surface area contributed by atoms with Gasteiger partial charge in [-0.2, -0.15) is 0 Å². The van der Waals surface area contributed by atoms with Crippen LogP contribution in [0.15, 0.2) is 24.4 Å². The summed E-state index contributed by atoms with van der Waals surface area (Å²) < 4.78 is 6.31. The summed E-state index contributed by atoms with van der Waals surface area (Å²) in [5, 5.41) is 4.24. The van der Waals surface area contributed by atoms with Gasteiger partial charge in [-0.3, -0.25) is 9.78 Å². The first-order valence-electron chi connectivity index (χ1n) is 10.6. The highest BCUT2D eigenvalue weighted by Gasteiger charge is 2.48. The predicted molar refractivity (Wildman–Crippen MR) is 121 cm³/mol. The van der Waals surface area contributed by atoms with Gasteiger partial charge in [-0.1, -0.05) is 30.5 Å². The number of nitrogens with two attached hydrogens (primary N) is 2. The number of rotatable bonds is 7. The Hall–Kier alpha value is -1.67. The fraction of sp³-hybridized carbons (Fsp3) is 0.545. The van der Waals surface area contributed by atoms with Crippen molar-refractivity contribution in [3.8, 4) is 0 Å². The van der Waals surface area contributed by atoms with Crippen molar-refractivity contribution in [2.75, 3.05) is 18.9 Å². The minimum Gasteiger partial charge on any atom is -0.390 e. The van der Waals surface area contributed by atoms with Crippen LogP contribution in [0.5, 0.6) is 0 Å². The molecule has 8 heteroatoms. The lowest BCUT2D eigenvalue weighted by Crippen LogP contribution is -2.47. The first kappa shape index (κ1) is 21.6. The Labute approximate surface area is 186 Å². The highest BCUT2D eigenvalue weighted by Crippen LogP contribution is 2.49. The van der Waals surface area contributed by atoms with Gasteiger partial charge in [0, 0.05) is 35.3 Å². The SMILES string of the molecule is NC(=O)c1c(N)sc(CNCC[C@@]2(c3ccccn3)CCOC3(CCCC3)C2)c1Cl. The predicted octanol–water partition coefficient (Wildman–Crippen LogP) is 4.02. The molecule has 30 heavy (non-hydrogen) atoms. The molecule has 0 radical (unpaired) electrons. The number of hydrogen-bond acceptors (Lipinski definition) is 6. The first-order valence-corrected chi connectivity index (χ1v) is 11.8. The van der Waals surface area contributed by atoms with E-state index >= 15 is 0 Å². The van der Waals surface area contributed by atoms with Gasteiger partial charge < -0.3 is 21.5 Å². The van der Waals surface area contributed by atoms with Crippen molar-refractivity contribution in [1.82, 2.24) is 10.3 Å². The zero-order chi connectivity index (χ0) is 21.2. The van der Waals surface area contributed by atoms with E-state index < -0.39 is 5.91 Å². The minimum atomic E-state index is -0.585. The maximum Gasteiger partial charge on any atom is 0.253 e. The maximum atomic E-state index is 11.5. The molecule has 1 saturated heterocycles. The van der Waals surface area contributed by atoms with Crippen LogP contribution in [0.3, 0.4) is 0 Å². The second-order valence-corrected chi connectivity index (χ2v) is 10.0. The molecule has 1 amide bonds. The number of aromatic nitrogens is 1. The summed E-state index contributed by atoms with van der Waals surface area (Å²) in [6, 6.07) is 6.21. The van der Waals surface area contributed by atoms with E-state index in [2.05, 4.69) is 17.4 Å². The van der Waals surface area contributed by atoms with E-state index in [1.165, 1.54) is 24.2 Å². The lowest BCUT2D eigenvalue weighted by molar-refractivity contribution is -0.104. The normalized spacial score (nSPS) is 23.1. The smallest absolute Gasteiger partial charge is 0.253 e. The Morgan fingerprint density at radius 1 is 1.30 bits per heavy atom. The molecular weight excluding hydrogens is 420 g/mol. The third-order valence-corrected chi connectivity index (χ3v) is 8.18. The Balaban J connectivity index is 1.46. The molecule has 0 aromatic carbocycles. The molecule has 162 valence electrons. The summed E-state index contributed by atoms with van der Waals surface area (Å²) in [5.41, 5.74) is 12.7. The second kappa shape index (κ2) is 8.83. The fourth-order valence-electron chi connectivity index (χ4n) is 5.15. The number of thiophene rings is 1. The molecule has 3 heterocycles. The standard InChI is InChI=1S/C22H29ClN4O2S/c23-18-15(30-20(25)17(18)19(24)28)13-26-11-8-21(16-5-1-4-10-27-16)9-12-29-22(14-21)6-2-3-7-22/h1,4-5,10,26H,2-3,6-9,11-14,25H2,(H2,24,28)/t21-/m1/s1. The number of ether oxygens (including phenoxy) is 1. The minimum absolute atomic E-state index is 0.00745. The molecule has 2 aliphatic rings. The van der Waals surface area contributed by atoms with Crippen LogP contribution in [0.1, 0.15) is 65.9 Å². The van der Waals surface area contributed by atoms with E-state index in [0.29, 0.717) is 16.6 Å². The fourth-order valence-corrected chi connectivity index (χ4v) is 6.51. The largest absolute Gasteiger partial charge is 0.390 e. The molecule has 0 bridgehead atoms. The lowest BCUT2D eigenvalue weighted by atomic mass is 9.68.